The number of hydrogen-bond acceptors (Lipinski definition) is 5. The number of sulfone groups is 1. The van der Waals surface area contributed by atoms with E-state index in [1.807, 2.05) is 6.26 Å². The number of hydrogen-bond donors (Lipinski definition) is 2. The van der Waals surface area contributed by atoms with Crippen LogP contribution in [0.3, 0.4) is 0 Å². The highest BCUT2D eigenvalue weighted by molar-refractivity contribution is 8.00. The Kier molecular flexibility index (Phi) is 4.83. The summed E-state index contributed by atoms with van der Waals surface area (Å²) in [5.41, 5.74) is 5.79. The molecule has 17 heavy (non-hydrogen) atoms. The molecule has 94 valence electrons. The van der Waals surface area contributed by atoms with Gasteiger partial charge in [0, 0.05) is 11.3 Å². The average Bonchev–Trinajstić information content (AvgIpc) is 2.35. The fraction of sp³-hybridized carbons (Fsp3) is 0.300. The lowest BCUT2D eigenvalue weighted by Gasteiger charge is -2.05. The summed E-state index contributed by atoms with van der Waals surface area (Å²) >= 11 is 1.47. The predicted molar refractivity (Wildman–Crippen MR) is 69.4 cm³/mol. The first-order valence-corrected chi connectivity index (χ1v) is 7.85. The Morgan fingerprint density at radius 1 is 1.53 bits per heavy atom. The molecule has 0 fully saturated rings. The van der Waals surface area contributed by atoms with E-state index in [0.717, 1.165) is 0 Å². The zero-order valence-electron chi connectivity index (χ0n) is 9.33. The summed E-state index contributed by atoms with van der Waals surface area (Å²) in [6.07, 6.45) is 1.85. The lowest BCUT2D eigenvalue weighted by Crippen LogP contribution is -2.15. The number of nitrogens with zero attached hydrogens (tertiary/aromatic N) is 1. The molecule has 5 nitrogen and oxygen atoms in total. The van der Waals surface area contributed by atoms with E-state index in [9.17, 15) is 8.42 Å². The second-order valence-corrected chi connectivity index (χ2v) is 6.42. The molecule has 7 heteroatoms. The third-order valence-electron chi connectivity index (χ3n) is 2.15. The van der Waals surface area contributed by atoms with Crippen molar-refractivity contribution in [1.29, 1.82) is 0 Å². The zero-order valence-corrected chi connectivity index (χ0v) is 11.0. The molecule has 0 spiro atoms. The van der Waals surface area contributed by atoms with E-state index in [-0.39, 0.29) is 16.5 Å². The Bertz CT molecular complexity index is 512. The smallest absolute Gasteiger partial charge is 0.179 e. The van der Waals surface area contributed by atoms with Crippen molar-refractivity contribution < 1.29 is 13.6 Å². The van der Waals surface area contributed by atoms with Gasteiger partial charge in [0.05, 0.1) is 10.6 Å². The van der Waals surface area contributed by atoms with Gasteiger partial charge in [-0.15, -0.1) is 0 Å². The van der Waals surface area contributed by atoms with Gasteiger partial charge in [0.25, 0.3) is 0 Å². The Morgan fingerprint density at radius 3 is 2.82 bits per heavy atom. The molecule has 1 aromatic rings. The third kappa shape index (κ3) is 3.64. The van der Waals surface area contributed by atoms with Gasteiger partial charge in [-0.1, -0.05) is 17.3 Å². The molecule has 0 unspecified atom stereocenters. The Hall–Kier alpha value is -1.21. The van der Waals surface area contributed by atoms with Crippen molar-refractivity contribution in [3.63, 3.8) is 0 Å². The minimum atomic E-state index is -3.30. The summed E-state index contributed by atoms with van der Waals surface area (Å²) in [5.74, 6) is 0.510. The van der Waals surface area contributed by atoms with Crippen LogP contribution in [0.5, 0.6) is 0 Å². The number of oxime groups is 1. The maximum Gasteiger partial charge on any atom is 0.179 e. The molecule has 0 aliphatic rings. The molecule has 0 heterocycles. The molecule has 0 aromatic heterocycles. The summed E-state index contributed by atoms with van der Waals surface area (Å²) in [7, 11) is -3.30. The Morgan fingerprint density at radius 2 is 2.24 bits per heavy atom. The fourth-order valence-electron chi connectivity index (χ4n) is 1.22. The lowest BCUT2D eigenvalue weighted by atomic mass is 10.2. The number of rotatable bonds is 5. The highest BCUT2D eigenvalue weighted by Crippen LogP contribution is 2.14. The normalized spacial score (nSPS) is 12.6. The maximum absolute atomic E-state index is 11.9. The molecule has 0 radical (unpaired) electrons. The molecule has 1 aromatic carbocycles. The Labute approximate surface area is 105 Å². The van der Waals surface area contributed by atoms with Crippen molar-refractivity contribution >= 4 is 27.4 Å². The number of benzene rings is 1. The molecule has 0 aliphatic carbocycles. The summed E-state index contributed by atoms with van der Waals surface area (Å²) in [6, 6.07) is 6.07. The first-order chi connectivity index (χ1) is 8.01. The van der Waals surface area contributed by atoms with Crippen molar-refractivity contribution in [2.75, 3.05) is 17.8 Å². The van der Waals surface area contributed by atoms with Crippen molar-refractivity contribution in [2.45, 2.75) is 4.90 Å². The van der Waals surface area contributed by atoms with Gasteiger partial charge >= 0.3 is 0 Å². The Balaban J connectivity index is 3.07. The van der Waals surface area contributed by atoms with Crippen LogP contribution < -0.4 is 5.73 Å². The van der Waals surface area contributed by atoms with Gasteiger partial charge in [-0.3, -0.25) is 0 Å². The first-order valence-electron chi connectivity index (χ1n) is 4.81. The number of amidine groups is 1. The van der Waals surface area contributed by atoms with E-state index in [1.54, 1.807) is 12.1 Å². The number of thioether (sulfide) groups is 1. The van der Waals surface area contributed by atoms with Crippen molar-refractivity contribution in [1.82, 2.24) is 0 Å². The average molecular weight is 274 g/mol. The van der Waals surface area contributed by atoms with Crippen LogP contribution in [-0.4, -0.2) is 37.2 Å². The van der Waals surface area contributed by atoms with Crippen LogP contribution >= 0.6 is 11.8 Å². The predicted octanol–water partition coefficient (Wildman–Crippen LogP) is 0.918. The van der Waals surface area contributed by atoms with E-state index in [4.69, 9.17) is 10.9 Å². The lowest BCUT2D eigenvalue weighted by molar-refractivity contribution is 0.318. The van der Waals surface area contributed by atoms with E-state index in [2.05, 4.69) is 5.16 Å². The minimum absolute atomic E-state index is 0.0772. The largest absolute Gasteiger partial charge is 0.409 e. The van der Waals surface area contributed by atoms with Crippen molar-refractivity contribution in [3.05, 3.63) is 29.8 Å². The van der Waals surface area contributed by atoms with Gasteiger partial charge in [-0.25, -0.2) is 8.42 Å². The molecular formula is C10H14N2O3S2. The molecule has 0 saturated carbocycles. The van der Waals surface area contributed by atoms with Crippen LogP contribution in [0.1, 0.15) is 5.56 Å². The van der Waals surface area contributed by atoms with Crippen LogP contribution in [0.25, 0.3) is 0 Å². The van der Waals surface area contributed by atoms with Gasteiger partial charge in [0.15, 0.2) is 15.7 Å². The third-order valence-corrected chi connectivity index (χ3v) is 4.74. The van der Waals surface area contributed by atoms with Crippen molar-refractivity contribution in [2.24, 2.45) is 10.9 Å². The zero-order chi connectivity index (χ0) is 12.9. The molecule has 0 amide bonds. The van der Waals surface area contributed by atoms with E-state index >= 15 is 0 Å². The fourth-order valence-corrected chi connectivity index (χ4v) is 3.59. The summed E-state index contributed by atoms with van der Waals surface area (Å²) < 4.78 is 23.8. The van der Waals surface area contributed by atoms with E-state index in [0.29, 0.717) is 11.3 Å². The highest BCUT2D eigenvalue weighted by atomic mass is 32.2. The standard InChI is InChI=1S/C10H14N2O3S2/c1-16-5-6-17(14,15)9-4-2-3-8(7-9)10(11)12-13/h2-4,7,13H,5-6H2,1H3,(H2,11,12). The summed E-state index contributed by atoms with van der Waals surface area (Å²) in [5, 5.41) is 11.4. The molecule has 3 N–H and O–H groups in total. The topological polar surface area (TPSA) is 92.8 Å². The molecule has 0 atom stereocenters. The van der Waals surface area contributed by atoms with Gasteiger partial charge in [0.2, 0.25) is 0 Å². The molecule has 0 aliphatic heterocycles. The van der Waals surface area contributed by atoms with E-state index in [1.165, 1.54) is 23.9 Å². The first kappa shape index (κ1) is 13.9. The molecule has 0 saturated heterocycles. The maximum atomic E-state index is 11.9. The van der Waals surface area contributed by atoms with Crippen LogP contribution in [0.4, 0.5) is 0 Å². The second-order valence-electron chi connectivity index (χ2n) is 3.32. The molecular weight excluding hydrogens is 260 g/mol. The van der Waals surface area contributed by atoms with Crippen molar-refractivity contribution in [3.8, 4) is 0 Å². The quantitative estimate of drug-likeness (QED) is 0.360. The van der Waals surface area contributed by atoms with Gasteiger partial charge in [0.1, 0.15) is 0 Å². The molecule has 1 rings (SSSR count). The minimum Gasteiger partial charge on any atom is -0.409 e. The monoisotopic (exact) mass is 274 g/mol. The molecule has 0 bridgehead atoms. The van der Waals surface area contributed by atoms with Crippen LogP contribution in [-0.2, 0) is 9.84 Å². The van der Waals surface area contributed by atoms with Gasteiger partial charge in [-0.2, -0.15) is 11.8 Å². The van der Waals surface area contributed by atoms with Crippen LogP contribution in [0, 0.1) is 0 Å². The van der Waals surface area contributed by atoms with Gasteiger partial charge < -0.3 is 10.9 Å². The van der Waals surface area contributed by atoms with Crippen LogP contribution in [0.15, 0.2) is 34.3 Å². The summed E-state index contributed by atoms with van der Waals surface area (Å²) in [4.78, 5) is 0.190. The highest BCUT2D eigenvalue weighted by Gasteiger charge is 2.14. The SMILES string of the molecule is CSCCS(=O)(=O)c1cccc(/C(N)=N/O)c1. The second kappa shape index (κ2) is 5.92. The summed E-state index contributed by atoms with van der Waals surface area (Å²) in [6.45, 7) is 0. The van der Waals surface area contributed by atoms with Gasteiger partial charge in [-0.05, 0) is 18.4 Å². The van der Waals surface area contributed by atoms with Crippen LogP contribution in [0.2, 0.25) is 0 Å². The number of nitrogens with two attached hydrogens (primary N) is 1. The van der Waals surface area contributed by atoms with E-state index < -0.39 is 9.84 Å².